The Balaban J connectivity index is 1.45. The number of morpholine rings is 1. The molecule has 1 saturated heterocycles. The molecular formula is C15H21BN4O. The molecule has 0 amide bonds. The van der Waals surface area contributed by atoms with Crippen molar-refractivity contribution < 1.29 is 4.74 Å². The first-order valence-corrected chi connectivity index (χ1v) is 7.62. The van der Waals surface area contributed by atoms with E-state index in [0.717, 1.165) is 57.2 Å². The van der Waals surface area contributed by atoms with Crippen molar-refractivity contribution in [3.05, 3.63) is 23.7 Å². The van der Waals surface area contributed by atoms with Crippen molar-refractivity contribution in [2.24, 2.45) is 15.9 Å². The Hall–Kier alpha value is -1.40. The van der Waals surface area contributed by atoms with Crippen LogP contribution in [0.5, 0.6) is 0 Å². The minimum Gasteiger partial charge on any atom is -0.379 e. The molecule has 2 heterocycles. The monoisotopic (exact) mass is 284 g/mol. The van der Waals surface area contributed by atoms with Gasteiger partial charge in [0, 0.05) is 38.3 Å². The Morgan fingerprint density at radius 2 is 2.29 bits per heavy atom. The Morgan fingerprint density at radius 3 is 3.14 bits per heavy atom. The van der Waals surface area contributed by atoms with E-state index in [9.17, 15) is 0 Å². The van der Waals surface area contributed by atoms with Crippen molar-refractivity contribution in [2.45, 2.75) is 12.5 Å². The van der Waals surface area contributed by atoms with E-state index in [-0.39, 0.29) is 12.0 Å². The molecular weight excluding hydrogens is 263 g/mol. The number of nitrogens with one attached hydrogen (secondary N) is 1. The lowest BCUT2D eigenvalue weighted by molar-refractivity contribution is 0.0377. The number of allylic oxidation sites excluding steroid dienone is 2. The summed E-state index contributed by atoms with van der Waals surface area (Å²) in [7, 11) is 5.79. The van der Waals surface area contributed by atoms with Crippen molar-refractivity contribution in [3.63, 3.8) is 0 Å². The molecule has 0 spiro atoms. The lowest BCUT2D eigenvalue weighted by atomic mass is 9.83. The van der Waals surface area contributed by atoms with Gasteiger partial charge in [0.2, 0.25) is 5.96 Å². The van der Waals surface area contributed by atoms with Crippen LogP contribution in [0, 0.1) is 5.92 Å². The minimum atomic E-state index is 0.229. The van der Waals surface area contributed by atoms with Crippen molar-refractivity contribution in [2.75, 3.05) is 39.4 Å². The summed E-state index contributed by atoms with van der Waals surface area (Å²) < 4.78 is 5.34. The summed E-state index contributed by atoms with van der Waals surface area (Å²) in [5, 5.41) is 3.35. The maximum absolute atomic E-state index is 5.79. The summed E-state index contributed by atoms with van der Waals surface area (Å²) in [6, 6.07) is 0.229. The molecule has 2 radical (unpaired) electrons. The van der Waals surface area contributed by atoms with Gasteiger partial charge in [-0.05, 0) is 6.42 Å². The van der Waals surface area contributed by atoms with Crippen molar-refractivity contribution in [1.82, 2.24) is 10.2 Å². The van der Waals surface area contributed by atoms with Gasteiger partial charge >= 0.3 is 0 Å². The zero-order valence-electron chi connectivity index (χ0n) is 12.2. The largest absolute Gasteiger partial charge is 0.379 e. The summed E-state index contributed by atoms with van der Waals surface area (Å²) >= 11 is 0. The predicted molar refractivity (Wildman–Crippen MR) is 86.1 cm³/mol. The number of guanidine groups is 1. The van der Waals surface area contributed by atoms with Crippen molar-refractivity contribution in [1.29, 1.82) is 0 Å². The fourth-order valence-electron chi connectivity index (χ4n) is 2.74. The summed E-state index contributed by atoms with van der Waals surface area (Å²) in [5.41, 5.74) is 0.801. The van der Waals surface area contributed by atoms with E-state index in [2.05, 4.69) is 26.3 Å². The molecule has 3 rings (SSSR count). The highest BCUT2D eigenvalue weighted by Crippen LogP contribution is 2.16. The van der Waals surface area contributed by atoms with Gasteiger partial charge in [-0.2, -0.15) is 0 Å². The first kappa shape index (κ1) is 14.5. The number of rotatable bonds is 4. The van der Waals surface area contributed by atoms with Crippen molar-refractivity contribution >= 4 is 20.0 Å². The number of fused-ring (bicyclic) bond motifs is 1. The van der Waals surface area contributed by atoms with E-state index in [1.807, 2.05) is 18.4 Å². The van der Waals surface area contributed by atoms with Gasteiger partial charge in [-0.1, -0.05) is 18.2 Å². The van der Waals surface area contributed by atoms with Gasteiger partial charge in [-0.25, -0.2) is 4.99 Å². The van der Waals surface area contributed by atoms with Gasteiger partial charge in [0.15, 0.2) is 0 Å². The van der Waals surface area contributed by atoms with Crippen LogP contribution in [0.25, 0.3) is 0 Å². The number of hydrogen-bond acceptors (Lipinski definition) is 3. The van der Waals surface area contributed by atoms with E-state index in [1.54, 1.807) is 0 Å². The Kier molecular flexibility index (Phi) is 4.88. The first-order valence-electron chi connectivity index (χ1n) is 7.62. The smallest absolute Gasteiger partial charge is 0.218 e. The van der Waals surface area contributed by atoms with Gasteiger partial charge in [-0.15, -0.1) is 5.47 Å². The SMILES string of the molecule is [B]C1=CC2C=NC(=NCCCN3CCOCC3)NC2C=C1. The second kappa shape index (κ2) is 7.05. The third kappa shape index (κ3) is 4.05. The molecule has 110 valence electrons. The zero-order chi connectivity index (χ0) is 14.5. The number of ether oxygens (including phenoxy) is 1. The standard InChI is InChI=1S/C15H21BN4O/c16-13-2-3-14-12(10-13)11-18-15(19-14)17-4-1-5-20-6-8-21-9-7-20/h2-3,10-12,14H,1,4-9H2,(H,17,19). The quantitative estimate of drug-likeness (QED) is 0.598. The summed E-state index contributed by atoms with van der Waals surface area (Å²) in [4.78, 5) is 11.3. The predicted octanol–water partition coefficient (Wildman–Crippen LogP) is 0.346. The van der Waals surface area contributed by atoms with Gasteiger partial charge in [0.1, 0.15) is 7.85 Å². The van der Waals surface area contributed by atoms with Crippen LogP contribution in [-0.4, -0.2) is 70.4 Å². The summed E-state index contributed by atoms with van der Waals surface area (Å²) in [5.74, 6) is 0.971. The molecule has 3 aliphatic rings. The van der Waals surface area contributed by atoms with E-state index in [0.29, 0.717) is 0 Å². The molecule has 1 aliphatic carbocycles. The fourth-order valence-corrected chi connectivity index (χ4v) is 2.74. The molecule has 0 bridgehead atoms. The highest BCUT2D eigenvalue weighted by atomic mass is 16.5. The first-order chi connectivity index (χ1) is 10.3. The third-order valence-corrected chi connectivity index (χ3v) is 3.96. The van der Waals surface area contributed by atoms with Crippen LogP contribution in [0.3, 0.4) is 0 Å². The molecule has 2 aliphatic heterocycles. The van der Waals surface area contributed by atoms with Crippen LogP contribution in [-0.2, 0) is 4.74 Å². The Morgan fingerprint density at radius 1 is 1.43 bits per heavy atom. The summed E-state index contributed by atoms with van der Waals surface area (Å²) in [6.07, 6.45) is 9.02. The van der Waals surface area contributed by atoms with Crippen molar-refractivity contribution in [3.8, 4) is 0 Å². The third-order valence-electron chi connectivity index (χ3n) is 3.96. The van der Waals surface area contributed by atoms with Crippen LogP contribution < -0.4 is 5.32 Å². The van der Waals surface area contributed by atoms with Crippen LogP contribution in [0.1, 0.15) is 6.42 Å². The Bertz CT molecular complexity index is 480. The molecule has 5 nitrogen and oxygen atoms in total. The number of hydrogen-bond donors (Lipinski definition) is 1. The van der Waals surface area contributed by atoms with Gasteiger partial charge in [-0.3, -0.25) is 9.89 Å². The molecule has 1 N–H and O–H groups in total. The summed E-state index contributed by atoms with van der Waals surface area (Å²) in [6.45, 7) is 5.66. The molecule has 0 aromatic heterocycles. The normalized spacial score (nSPS) is 30.9. The van der Waals surface area contributed by atoms with Gasteiger partial charge in [0.25, 0.3) is 0 Å². The van der Waals surface area contributed by atoms with Crippen LogP contribution in [0.4, 0.5) is 0 Å². The van der Waals surface area contributed by atoms with E-state index < -0.39 is 0 Å². The van der Waals surface area contributed by atoms with Crippen LogP contribution in [0.2, 0.25) is 0 Å². The molecule has 0 aromatic rings. The van der Waals surface area contributed by atoms with E-state index in [1.165, 1.54) is 0 Å². The van der Waals surface area contributed by atoms with Crippen LogP contribution >= 0.6 is 0 Å². The molecule has 2 unspecified atom stereocenters. The number of nitrogens with zero attached hydrogens (tertiary/aromatic N) is 3. The molecule has 2 atom stereocenters. The van der Waals surface area contributed by atoms with E-state index in [4.69, 9.17) is 12.6 Å². The minimum absolute atomic E-state index is 0.229. The second-order valence-corrected chi connectivity index (χ2v) is 5.56. The lowest BCUT2D eigenvalue weighted by Crippen LogP contribution is -2.43. The maximum Gasteiger partial charge on any atom is 0.218 e. The molecule has 21 heavy (non-hydrogen) atoms. The average Bonchev–Trinajstić information content (AvgIpc) is 2.52. The lowest BCUT2D eigenvalue weighted by Gasteiger charge is -2.28. The van der Waals surface area contributed by atoms with E-state index >= 15 is 0 Å². The topological polar surface area (TPSA) is 49.2 Å². The maximum atomic E-state index is 5.79. The highest BCUT2D eigenvalue weighted by Gasteiger charge is 2.22. The van der Waals surface area contributed by atoms with Gasteiger partial charge < -0.3 is 10.1 Å². The van der Waals surface area contributed by atoms with Crippen LogP contribution in [0.15, 0.2) is 33.7 Å². The zero-order valence-corrected chi connectivity index (χ0v) is 12.2. The highest BCUT2D eigenvalue weighted by molar-refractivity contribution is 6.23. The molecule has 0 aromatic carbocycles. The molecule has 6 heteroatoms. The second-order valence-electron chi connectivity index (χ2n) is 5.56. The molecule has 1 fully saturated rings. The molecule has 0 saturated carbocycles. The fraction of sp³-hybridized carbons (Fsp3) is 0.600. The van der Waals surface area contributed by atoms with Gasteiger partial charge in [0.05, 0.1) is 19.3 Å². The Labute approximate surface area is 127 Å². The average molecular weight is 284 g/mol. The number of aliphatic imine (C=N–C) groups is 2.